The van der Waals surface area contributed by atoms with Crippen LogP contribution in [0.2, 0.25) is 0 Å². The number of fused-ring (bicyclic) bond motifs is 3. The van der Waals surface area contributed by atoms with Gasteiger partial charge in [-0.3, -0.25) is 4.79 Å². The van der Waals surface area contributed by atoms with Crippen molar-refractivity contribution in [3.63, 3.8) is 0 Å². The molecular formula is C22H26NO5S-. The van der Waals surface area contributed by atoms with Gasteiger partial charge < -0.3 is 20.0 Å². The van der Waals surface area contributed by atoms with E-state index in [0.717, 1.165) is 49.0 Å². The van der Waals surface area contributed by atoms with Crippen molar-refractivity contribution in [2.75, 3.05) is 11.9 Å². The summed E-state index contributed by atoms with van der Waals surface area (Å²) < 4.78 is 5.40. The number of aliphatic carboxylic acids is 1. The second-order valence-electron chi connectivity index (χ2n) is 8.21. The highest BCUT2D eigenvalue weighted by Gasteiger charge is 2.49. The van der Waals surface area contributed by atoms with Gasteiger partial charge in [-0.2, -0.15) is 0 Å². The lowest BCUT2D eigenvalue weighted by Crippen LogP contribution is -2.42. The minimum absolute atomic E-state index is 0.0869. The Kier molecular flexibility index (Phi) is 5.76. The highest BCUT2D eigenvalue weighted by atomic mass is 32.1. The molecule has 0 saturated heterocycles. The molecule has 1 fully saturated rings. The number of aryl methyl sites for hydroxylation is 1. The molecular weight excluding hydrogens is 390 g/mol. The summed E-state index contributed by atoms with van der Waals surface area (Å²) in [5.41, 5.74) is 1.46. The lowest BCUT2D eigenvalue weighted by molar-refractivity contribution is -0.313. The number of carbonyl (C=O) groups is 3. The van der Waals surface area contributed by atoms with Crippen LogP contribution in [0, 0.1) is 23.7 Å². The molecule has 1 N–H and O–H groups in total. The summed E-state index contributed by atoms with van der Waals surface area (Å²) in [6.45, 7) is 2.27. The molecule has 3 aliphatic rings. The maximum Gasteiger partial charge on any atom is 0.341 e. The lowest BCUT2D eigenvalue weighted by Gasteiger charge is -2.27. The number of esters is 1. The predicted octanol–water partition coefficient (Wildman–Crippen LogP) is 2.71. The van der Waals surface area contributed by atoms with Gasteiger partial charge in [0, 0.05) is 16.8 Å². The molecule has 7 heteroatoms. The first-order valence-corrected chi connectivity index (χ1v) is 11.3. The molecule has 2 bridgehead atoms. The fourth-order valence-corrected chi connectivity index (χ4v) is 6.29. The van der Waals surface area contributed by atoms with Gasteiger partial charge >= 0.3 is 5.97 Å². The number of carbonyl (C=O) groups excluding carboxylic acids is 3. The van der Waals surface area contributed by atoms with E-state index in [1.54, 1.807) is 0 Å². The van der Waals surface area contributed by atoms with Crippen molar-refractivity contribution in [3.8, 4) is 0 Å². The number of ether oxygens (including phenoxy) is 1. The van der Waals surface area contributed by atoms with Crippen molar-refractivity contribution in [1.82, 2.24) is 0 Å². The van der Waals surface area contributed by atoms with Crippen molar-refractivity contribution in [2.45, 2.75) is 51.9 Å². The highest BCUT2D eigenvalue weighted by molar-refractivity contribution is 7.17. The van der Waals surface area contributed by atoms with E-state index >= 15 is 0 Å². The van der Waals surface area contributed by atoms with Crippen LogP contribution in [0.3, 0.4) is 0 Å². The third-order valence-electron chi connectivity index (χ3n) is 6.33. The quantitative estimate of drug-likeness (QED) is 0.437. The largest absolute Gasteiger partial charge is 0.550 e. The standard InChI is InChI=1S/C22H27NO5S/c1-2-10-28-22(27)18-14-6-4-3-5-7-15(14)29-20(18)23-19(24)16-12-8-9-13(11-12)17(16)21(25)26/h8-9,12-13,16-17H,2-7,10-11H2,1H3,(H,23,24)(H,25,26)/p-1/t12-,13-,16+,17-/m0/s1. The Labute approximate surface area is 174 Å². The summed E-state index contributed by atoms with van der Waals surface area (Å²) in [5.74, 6) is -3.60. The number of thiophene rings is 1. The second-order valence-corrected chi connectivity index (χ2v) is 9.32. The molecule has 0 aromatic carbocycles. The molecule has 0 unspecified atom stereocenters. The zero-order valence-electron chi connectivity index (χ0n) is 16.6. The zero-order valence-corrected chi connectivity index (χ0v) is 17.4. The fraction of sp³-hybridized carbons (Fsp3) is 0.591. The fourth-order valence-electron chi connectivity index (χ4n) is 5.01. The van der Waals surface area contributed by atoms with Crippen molar-refractivity contribution in [1.29, 1.82) is 0 Å². The SMILES string of the molecule is CCCOC(=O)c1c(NC(=O)[C@H]2[C@@H](C(=O)[O-])[C@H]3C=C[C@H]2C3)sc2c1CCCCC2. The van der Waals surface area contributed by atoms with Crippen LogP contribution in [-0.2, 0) is 27.2 Å². The van der Waals surface area contributed by atoms with Crippen LogP contribution in [-0.4, -0.2) is 24.5 Å². The molecule has 0 aliphatic heterocycles. The predicted molar refractivity (Wildman–Crippen MR) is 108 cm³/mol. The van der Waals surface area contributed by atoms with Crippen molar-refractivity contribution in [3.05, 3.63) is 28.2 Å². The number of carboxylic acid groups (broad SMARTS) is 1. The molecule has 4 rings (SSSR count). The van der Waals surface area contributed by atoms with E-state index in [1.165, 1.54) is 11.3 Å². The molecule has 29 heavy (non-hydrogen) atoms. The van der Waals surface area contributed by atoms with Crippen LogP contribution in [0.1, 0.15) is 59.8 Å². The second kappa shape index (κ2) is 8.30. The Morgan fingerprint density at radius 2 is 1.86 bits per heavy atom. The normalized spacial score (nSPS) is 27.3. The van der Waals surface area contributed by atoms with E-state index in [2.05, 4.69) is 5.32 Å². The van der Waals surface area contributed by atoms with Gasteiger partial charge in [0.05, 0.1) is 18.1 Å². The Morgan fingerprint density at radius 3 is 2.59 bits per heavy atom. The number of anilines is 1. The molecule has 0 radical (unpaired) electrons. The smallest absolute Gasteiger partial charge is 0.341 e. The highest BCUT2D eigenvalue weighted by Crippen LogP contribution is 2.48. The van der Waals surface area contributed by atoms with Gasteiger partial charge in [0.1, 0.15) is 5.00 Å². The molecule has 6 nitrogen and oxygen atoms in total. The van der Waals surface area contributed by atoms with E-state index in [4.69, 9.17) is 4.74 Å². The number of hydrogen-bond donors (Lipinski definition) is 1. The maximum absolute atomic E-state index is 13.1. The topological polar surface area (TPSA) is 95.5 Å². The Hall–Kier alpha value is -2.15. The van der Waals surface area contributed by atoms with Gasteiger partial charge in [0.2, 0.25) is 5.91 Å². The average molecular weight is 417 g/mol. The summed E-state index contributed by atoms with van der Waals surface area (Å²) in [4.78, 5) is 38.7. The number of amides is 1. The average Bonchev–Trinajstić information content (AvgIpc) is 3.35. The first-order chi connectivity index (χ1) is 14.0. The number of carboxylic acids is 1. The van der Waals surface area contributed by atoms with E-state index in [9.17, 15) is 19.5 Å². The lowest BCUT2D eigenvalue weighted by atomic mass is 9.82. The third kappa shape index (κ3) is 3.72. The number of hydrogen-bond acceptors (Lipinski definition) is 6. The van der Waals surface area contributed by atoms with Crippen molar-refractivity contribution in [2.24, 2.45) is 23.7 Å². The van der Waals surface area contributed by atoms with Crippen LogP contribution in [0.5, 0.6) is 0 Å². The Morgan fingerprint density at radius 1 is 1.14 bits per heavy atom. The molecule has 1 heterocycles. The number of nitrogens with one attached hydrogen (secondary N) is 1. The minimum atomic E-state index is -1.17. The van der Waals surface area contributed by atoms with Crippen LogP contribution in [0.25, 0.3) is 0 Å². The Bertz CT molecular complexity index is 858. The zero-order chi connectivity index (χ0) is 20.5. The molecule has 3 aliphatic carbocycles. The van der Waals surface area contributed by atoms with Crippen LogP contribution in [0.4, 0.5) is 5.00 Å². The monoisotopic (exact) mass is 416 g/mol. The first-order valence-electron chi connectivity index (χ1n) is 10.5. The summed E-state index contributed by atoms with van der Waals surface area (Å²) in [6.07, 6.45) is 10.1. The number of rotatable bonds is 6. The van der Waals surface area contributed by atoms with E-state index < -0.39 is 23.8 Å². The minimum Gasteiger partial charge on any atom is -0.550 e. The molecule has 0 spiro atoms. The van der Waals surface area contributed by atoms with Crippen LogP contribution >= 0.6 is 11.3 Å². The van der Waals surface area contributed by atoms with E-state index in [0.29, 0.717) is 23.6 Å². The van der Waals surface area contributed by atoms with E-state index in [1.807, 2.05) is 19.1 Å². The molecule has 1 amide bonds. The molecule has 4 atom stereocenters. The maximum atomic E-state index is 13.1. The first kappa shape index (κ1) is 20.1. The third-order valence-corrected chi connectivity index (χ3v) is 7.54. The van der Waals surface area contributed by atoms with Crippen molar-refractivity contribution >= 4 is 34.2 Å². The van der Waals surface area contributed by atoms with Gasteiger partial charge in [0.25, 0.3) is 0 Å². The number of allylic oxidation sites excluding steroid dienone is 2. The van der Waals surface area contributed by atoms with Crippen molar-refractivity contribution < 1.29 is 24.2 Å². The van der Waals surface area contributed by atoms with Gasteiger partial charge in [0.15, 0.2) is 0 Å². The van der Waals surface area contributed by atoms with Crippen LogP contribution in [0.15, 0.2) is 12.2 Å². The molecule has 156 valence electrons. The summed E-state index contributed by atoms with van der Waals surface area (Å²) in [5, 5.41) is 15.1. The van der Waals surface area contributed by atoms with Gasteiger partial charge in [-0.05, 0) is 55.9 Å². The van der Waals surface area contributed by atoms with Gasteiger partial charge in [-0.1, -0.05) is 25.5 Å². The molecule has 1 saturated carbocycles. The summed E-state index contributed by atoms with van der Waals surface area (Å²) in [7, 11) is 0. The Balaban J connectivity index is 1.62. The summed E-state index contributed by atoms with van der Waals surface area (Å²) in [6, 6.07) is 0. The van der Waals surface area contributed by atoms with E-state index in [-0.39, 0.29) is 17.7 Å². The summed E-state index contributed by atoms with van der Waals surface area (Å²) >= 11 is 1.44. The molecule has 1 aromatic rings. The van der Waals surface area contributed by atoms with Crippen LogP contribution < -0.4 is 10.4 Å². The molecule has 1 aromatic heterocycles. The van der Waals surface area contributed by atoms with Gasteiger partial charge in [-0.25, -0.2) is 4.79 Å². The van der Waals surface area contributed by atoms with Gasteiger partial charge in [-0.15, -0.1) is 11.3 Å².